The number of rotatable bonds is 2. The molecule has 0 saturated carbocycles. The lowest BCUT2D eigenvalue weighted by molar-refractivity contribution is 0.255. The van der Waals surface area contributed by atoms with Gasteiger partial charge in [-0.15, -0.1) is 0 Å². The molecule has 0 atom stereocenters. The fraction of sp³-hybridized carbons (Fsp3) is 0.182. The number of hydrogen-bond donors (Lipinski definition) is 2. The van der Waals surface area contributed by atoms with Gasteiger partial charge in [0, 0.05) is 15.5 Å². The second kappa shape index (κ2) is 5.75. The topological polar surface area (TPSA) is 41.1 Å². The van der Waals surface area contributed by atoms with E-state index < -0.39 is 0 Å². The normalized spacial score (nSPS) is 9.27. The molecular weight excluding hydrogens is 303 g/mol. The van der Waals surface area contributed by atoms with Crippen molar-refractivity contribution in [1.29, 1.82) is 0 Å². The summed E-state index contributed by atoms with van der Waals surface area (Å²) in [6.45, 7) is 3.84. The third kappa shape index (κ3) is 4.83. The summed E-state index contributed by atoms with van der Waals surface area (Å²) in [5.41, 5.74) is 1.84. The van der Waals surface area contributed by atoms with Gasteiger partial charge in [-0.1, -0.05) is 5.57 Å². The molecule has 1 rings (SSSR count). The van der Waals surface area contributed by atoms with E-state index in [-0.39, 0.29) is 6.03 Å². The van der Waals surface area contributed by atoms with Crippen LogP contribution in [0.3, 0.4) is 0 Å². The van der Waals surface area contributed by atoms with Crippen molar-refractivity contribution in [3.8, 4) is 0 Å². The Kier molecular flexibility index (Phi) is 4.61. The van der Waals surface area contributed by atoms with Crippen LogP contribution in [0.5, 0.6) is 0 Å². The second-order valence-corrected chi connectivity index (χ2v) is 4.57. The van der Waals surface area contributed by atoms with Gasteiger partial charge in [-0.2, -0.15) is 0 Å². The Balaban J connectivity index is 2.51. The van der Waals surface area contributed by atoms with E-state index >= 15 is 0 Å². The van der Waals surface area contributed by atoms with Crippen molar-refractivity contribution in [2.45, 2.75) is 13.8 Å². The molecule has 4 heteroatoms. The molecule has 1 aromatic carbocycles. The zero-order chi connectivity index (χ0) is 11.3. The van der Waals surface area contributed by atoms with Crippen LogP contribution in [0.1, 0.15) is 13.8 Å². The number of amides is 2. The number of carbonyl (C=O) groups is 1. The van der Waals surface area contributed by atoms with E-state index in [0.29, 0.717) is 0 Å². The average molecular weight is 316 g/mol. The molecule has 0 bridgehead atoms. The Hall–Kier alpha value is -1.04. The van der Waals surface area contributed by atoms with Gasteiger partial charge in [-0.25, -0.2) is 4.79 Å². The molecule has 0 aliphatic carbocycles. The first-order chi connectivity index (χ1) is 7.08. The summed E-state index contributed by atoms with van der Waals surface area (Å²) < 4.78 is 1.14. The largest absolute Gasteiger partial charge is 0.323 e. The summed E-state index contributed by atoms with van der Waals surface area (Å²) in [5, 5.41) is 5.36. The number of allylic oxidation sites excluding steroid dienone is 1. The smallest absolute Gasteiger partial charge is 0.314 e. The first-order valence-electron chi connectivity index (χ1n) is 4.54. The molecule has 1 aromatic rings. The van der Waals surface area contributed by atoms with Crippen LogP contribution in [0.15, 0.2) is 36.0 Å². The molecule has 0 aliphatic heterocycles. The van der Waals surface area contributed by atoms with Crippen LogP contribution in [0.25, 0.3) is 0 Å². The van der Waals surface area contributed by atoms with Crippen molar-refractivity contribution in [2.24, 2.45) is 0 Å². The van der Waals surface area contributed by atoms with Gasteiger partial charge in [0.1, 0.15) is 0 Å². The predicted molar refractivity (Wildman–Crippen MR) is 70.7 cm³/mol. The molecule has 0 saturated heterocycles. The van der Waals surface area contributed by atoms with E-state index in [2.05, 4.69) is 33.2 Å². The quantitative estimate of drug-likeness (QED) is 0.807. The Morgan fingerprint density at radius 3 is 2.40 bits per heavy atom. The highest BCUT2D eigenvalue weighted by molar-refractivity contribution is 14.1. The van der Waals surface area contributed by atoms with Crippen LogP contribution in [-0.2, 0) is 0 Å². The summed E-state index contributed by atoms with van der Waals surface area (Å²) >= 11 is 2.22. The number of benzene rings is 1. The summed E-state index contributed by atoms with van der Waals surface area (Å²) in [6.07, 6.45) is 1.67. The molecule has 0 fully saturated rings. The van der Waals surface area contributed by atoms with Crippen molar-refractivity contribution in [3.05, 3.63) is 39.6 Å². The summed E-state index contributed by atoms with van der Waals surface area (Å²) in [5.74, 6) is 0. The number of halogens is 1. The van der Waals surface area contributed by atoms with Crippen LogP contribution in [0.4, 0.5) is 10.5 Å². The lowest BCUT2D eigenvalue weighted by Crippen LogP contribution is -2.24. The number of urea groups is 1. The average Bonchev–Trinajstić information content (AvgIpc) is 2.19. The van der Waals surface area contributed by atoms with E-state index in [4.69, 9.17) is 0 Å². The van der Waals surface area contributed by atoms with E-state index in [1.54, 1.807) is 6.20 Å². The number of hydrogen-bond acceptors (Lipinski definition) is 1. The Morgan fingerprint density at radius 1 is 1.27 bits per heavy atom. The molecule has 0 aliphatic rings. The third-order valence-corrected chi connectivity index (χ3v) is 2.31. The van der Waals surface area contributed by atoms with Crippen molar-refractivity contribution in [1.82, 2.24) is 5.32 Å². The summed E-state index contributed by atoms with van der Waals surface area (Å²) in [6, 6.07) is 7.39. The highest BCUT2D eigenvalue weighted by Gasteiger charge is 1.98. The lowest BCUT2D eigenvalue weighted by Gasteiger charge is -2.04. The van der Waals surface area contributed by atoms with Gasteiger partial charge in [0.25, 0.3) is 0 Å². The fourth-order valence-corrected chi connectivity index (χ4v) is 1.27. The molecule has 3 nitrogen and oxygen atoms in total. The van der Waals surface area contributed by atoms with E-state index in [9.17, 15) is 4.79 Å². The highest BCUT2D eigenvalue weighted by Crippen LogP contribution is 2.10. The van der Waals surface area contributed by atoms with E-state index in [0.717, 1.165) is 14.8 Å². The molecule has 0 heterocycles. The van der Waals surface area contributed by atoms with E-state index in [1.165, 1.54) is 0 Å². The minimum atomic E-state index is -0.225. The van der Waals surface area contributed by atoms with Crippen LogP contribution in [0.2, 0.25) is 0 Å². The van der Waals surface area contributed by atoms with Gasteiger partial charge in [0.05, 0.1) is 0 Å². The van der Waals surface area contributed by atoms with Crippen molar-refractivity contribution in [2.75, 3.05) is 5.32 Å². The molecule has 80 valence electrons. The van der Waals surface area contributed by atoms with Crippen molar-refractivity contribution in [3.63, 3.8) is 0 Å². The minimum absolute atomic E-state index is 0.225. The summed E-state index contributed by atoms with van der Waals surface area (Å²) in [4.78, 5) is 11.3. The molecule has 0 spiro atoms. The predicted octanol–water partition coefficient (Wildman–Crippen LogP) is 3.34. The second-order valence-electron chi connectivity index (χ2n) is 3.33. The molecule has 2 amide bonds. The van der Waals surface area contributed by atoms with Crippen molar-refractivity contribution < 1.29 is 4.79 Å². The Labute approximate surface area is 103 Å². The maximum absolute atomic E-state index is 11.3. The Morgan fingerprint density at radius 2 is 1.87 bits per heavy atom. The first-order valence-corrected chi connectivity index (χ1v) is 5.62. The van der Waals surface area contributed by atoms with Gasteiger partial charge in [0.15, 0.2) is 0 Å². The van der Waals surface area contributed by atoms with Crippen LogP contribution >= 0.6 is 22.6 Å². The highest BCUT2D eigenvalue weighted by atomic mass is 127. The lowest BCUT2D eigenvalue weighted by atomic mass is 10.3. The summed E-state index contributed by atoms with van der Waals surface area (Å²) in [7, 11) is 0. The molecule has 0 unspecified atom stereocenters. The zero-order valence-corrected chi connectivity index (χ0v) is 10.8. The van der Waals surface area contributed by atoms with Crippen LogP contribution in [0, 0.1) is 3.57 Å². The van der Waals surface area contributed by atoms with Crippen LogP contribution < -0.4 is 10.6 Å². The maximum Gasteiger partial charge on any atom is 0.323 e. The molecule has 0 aromatic heterocycles. The number of nitrogens with one attached hydrogen (secondary N) is 2. The van der Waals surface area contributed by atoms with Gasteiger partial charge < -0.3 is 10.6 Å². The first kappa shape index (κ1) is 12.0. The standard InChI is InChI=1S/C11H13IN2O/c1-8(2)7-13-11(15)14-10-5-3-9(12)4-6-10/h3-7H,1-2H3,(H2,13,14,15). The third-order valence-electron chi connectivity index (χ3n) is 1.59. The van der Waals surface area contributed by atoms with Gasteiger partial charge in [0.2, 0.25) is 0 Å². The van der Waals surface area contributed by atoms with Gasteiger partial charge >= 0.3 is 6.03 Å². The molecule has 15 heavy (non-hydrogen) atoms. The fourth-order valence-electron chi connectivity index (χ4n) is 0.910. The zero-order valence-electron chi connectivity index (χ0n) is 8.67. The molecular formula is C11H13IN2O. The van der Waals surface area contributed by atoms with Crippen molar-refractivity contribution >= 4 is 34.3 Å². The van der Waals surface area contributed by atoms with Gasteiger partial charge in [-0.05, 0) is 60.7 Å². The maximum atomic E-state index is 11.3. The monoisotopic (exact) mass is 316 g/mol. The van der Waals surface area contributed by atoms with E-state index in [1.807, 2.05) is 38.1 Å². The van der Waals surface area contributed by atoms with Gasteiger partial charge in [-0.3, -0.25) is 0 Å². The molecule has 2 N–H and O–H groups in total. The minimum Gasteiger partial charge on any atom is -0.314 e. The molecule has 0 radical (unpaired) electrons. The SMILES string of the molecule is CC(C)=CNC(=O)Nc1ccc(I)cc1. The number of anilines is 1. The number of carbonyl (C=O) groups excluding carboxylic acids is 1. The van der Waals surface area contributed by atoms with Crippen LogP contribution in [-0.4, -0.2) is 6.03 Å². The Bertz CT molecular complexity index is 367.